The van der Waals surface area contributed by atoms with E-state index >= 15 is 0 Å². The van der Waals surface area contributed by atoms with Crippen molar-refractivity contribution >= 4 is 28.2 Å². The second-order valence-corrected chi connectivity index (χ2v) is 4.86. The molecule has 0 amide bonds. The maximum absolute atomic E-state index is 9.31. The molecule has 0 aliphatic heterocycles. The summed E-state index contributed by atoms with van der Waals surface area (Å²) >= 11 is 6.02. The van der Waals surface area contributed by atoms with Gasteiger partial charge in [0.15, 0.2) is 0 Å². The number of nitrogens with zero attached hydrogens (tertiary/aromatic N) is 2. The van der Waals surface area contributed by atoms with Gasteiger partial charge >= 0.3 is 0 Å². The normalized spacial score (nSPS) is 10.4. The van der Waals surface area contributed by atoms with E-state index in [4.69, 9.17) is 17.3 Å². The number of hydrogen-bond donors (Lipinski definition) is 1. The zero-order valence-corrected chi connectivity index (χ0v) is 11.2. The molecule has 0 atom stereocenters. The Morgan fingerprint density at radius 2 is 1.85 bits per heavy atom. The van der Waals surface area contributed by atoms with E-state index in [1.165, 1.54) is 0 Å². The van der Waals surface area contributed by atoms with Crippen molar-refractivity contribution < 1.29 is 0 Å². The molecule has 2 aromatic carbocycles. The van der Waals surface area contributed by atoms with Crippen LogP contribution in [0.25, 0.3) is 22.0 Å². The summed E-state index contributed by atoms with van der Waals surface area (Å²) < 4.78 is 0. The summed E-state index contributed by atoms with van der Waals surface area (Å²) in [5, 5.41) is 10.8. The van der Waals surface area contributed by atoms with Gasteiger partial charge in [-0.3, -0.25) is 0 Å². The Hall–Kier alpha value is -2.57. The van der Waals surface area contributed by atoms with Crippen LogP contribution in [0.1, 0.15) is 5.69 Å². The molecular formula is C16H10ClN3. The summed E-state index contributed by atoms with van der Waals surface area (Å²) in [7, 11) is 0. The number of hydrogen-bond acceptors (Lipinski definition) is 3. The number of rotatable bonds is 1. The van der Waals surface area contributed by atoms with E-state index in [9.17, 15) is 5.26 Å². The number of nitrogens with two attached hydrogens (primary N) is 1. The first-order valence-electron chi connectivity index (χ1n) is 6.04. The maximum atomic E-state index is 9.31. The van der Waals surface area contributed by atoms with Gasteiger partial charge in [0.25, 0.3) is 0 Å². The lowest BCUT2D eigenvalue weighted by Gasteiger charge is -2.09. The van der Waals surface area contributed by atoms with Crippen molar-refractivity contribution in [2.45, 2.75) is 0 Å². The molecule has 3 aromatic rings. The average molecular weight is 280 g/mol. The highest BCUT2D eigenvalue weighted by atomic mass is 35.5. The quantitative estimate of drug-likeness (QED) is 0.685. The van der Waals surface area contributed by atoms with Crippen molar-refractivity contribution in [1.82, 2.24) is 4.98 Å². The number of nitriles is 1. The molecule has 3 rings (SSSR count). The lowest BCUT2D eigenvalue weighted by atomic mass is 10.0. The minimum absolute atomic E-state index is 0.345. The van der Waals surface area contributed by atoms with Crippen LogP contribution in [-0.4, -0.2) is 4.98 Å². The fourth-order valence-electron chi connectivity index (χ4n) is 2.17. The predicted molar refractivity (Wildman–Crippen MR) is 81.3 cm³/mol. The summed E-state index contributed by atoms with van der Waals surface area (Å²) in [6, 6.07) is 16.9. The Morgan fingerprint density at radius 3 is 2.65 bits per heavy atom. The molecule has 2 N–H and O–H groups in total. The van der Waals surface area contributed by atoms with E-state index in [0.29, 0.717) is 22.0 Å². The third kappa shape index (κ3) is 2.07. The molecule has 0 saturated heterocycles. The van der Waals surface area contributed by atoms with Gasteiger partial charge in [-0.25, -0.2) is 4.98 Å². The molecule has 0 unspecified atom stereocenters. The van der Waals surface area contributed by atoms with Crippen molar-refractivity contribution in [1.29, 1.82) is 5.26 Å². The Kier molecular flexibility index (Phi) is 3.02. The minimum Gasteiger partial charge on any atom is -0.398 e. The first kappa shape index (κ1) is 12.5. The molecule has 0 aliphatic rings. The fourth-order valence-corrected chi connectivity index (χ4v) is 2.34. The van der Waals surface area contributed by atoms with Crippen molar-refractivity contribution in [2.24, 2.45) is 0 Å². The van der Waals surface area contributed by atoms with Crippen molar-refractivity contribution in [3.63, 3.8) is 0 Å². The van der Waals surface area contributed by atoms with Gasteiger partial charge in [0, 0.05) is 27.2 Å². The monoisotopic (exact) mass is 279 g/mol. The van der Waals surface area contributed by atoms with Gasteiger partial charge < -0.3 is 5.73 Å². The van der Waals surface area contributed by atoms with Crippen molar-refractivity contribution in [3.05, 3.63) is 59.2 Å². The largest absolute Gasteiger partial charge is 0.398 e. The van der Waals surface area contributed by atoms with Crippen LogP contribution >= 0.6 is 11.6 Å². The smallest absolute Gasteiger partial charge is 0.149 e. The third-order valence-electron chi connectivity index (χ3n) is 3.14. The van der Waals surface area contributed by atoms with Crippen LogP contribution < -0.4 is 5.73 Å². The van der Waals surface area contributed by atoms with Crippen LogP contribution in [0, 0.1) is 11.3 Å². The van der Waals surface area contributed by atoms with E-state index in [-0.39, 0.29) is 0 Å². The standard InChI is InChI=1S/C16H10ClN3/c17-11-5-6-14(19)12(8-11)13-7-10-3-1-2-4-15(10)20-16(13)9-18/h1-8H,19H2. The molecule has 0 fully saturated rings. The zero-order chi connectivity index (χ0) is 14.1. The maximum Gasteiger partial charge on any atom is 0.149 e. The van der Waals surface area contributed by atoms with Crippen molar-refractivity contribution in [3.8, 4) is 17.2 Å². The molecule has 0 radical (unpaired) electrons. The second kappa shape index (κ2) is 4.84. The summed E-state index contributed by atoms with van der Waals surface area (Å²) in [5.41, 5.74) is 9.13. The molecule has 0 saturated carbocycles. The minimum atomic E-state index is 0.345. The molecule has 3 nitrogen and oxygen atoms in total. The highest BCUT2D eigenvalue weighted by Gasteiger charge is 2.11. The first-order chi connectivity index (χ1) is 9.69. The lowest BCUT2D eigenvalue weighted by Crippen LogP contribution is -1.95. The van der Waals surface area contributed by atoms with E-state index in [2.05, 4.69) is 11.1 Å². The van der Waals surface area contributed by atoms with Gasteiger partial charge in [-0.2, -0.15) is 5.26 Å². The van der Waals surface area contributed by atoms with Gasteiger partial charge in [-0.15, -0.1) is 0 Å². The molecule has 4 heteroatoms. The van der Waals surface area contributed by atoms with Gasteiger partial charge in [0.2, 0.25) is 0 Å². The summed E-state index contributed by atoms with van der Waals surface area (Å²) in [6.07, 6.45) is 0. The Labute approximate surface area is 121 Å². The Bertz CT molecular complexity index is 850. The Morgan fingerprint density at radius 1 is 1.05 bits per heavy atom. The topological polar surface area (TPSA) is 62.7 Å². The molecule has 0 aliphatic carbocycles. The molecular weight excluding hydrogens is 270 g/mol. The number of nitrogen functional groups attached to an aromatic ring is 1. The number of para-hydroxylation sites is 1. The third-order valence-corrected chi connectivity index (χ3v) is 3.37. The molecule has 0 spiro atoms. The highest BCUT2D eigenvalue weighted by Crippen LogP contribution is 2.32. The molecule has 0 bridgehead atoms. The molecule has 96 valence electrons. The fraction of sp³-hybridized carbons (Fsp3) is 0. The van der Waals surface area contributed by atoms with E-state index in [1.807, 2.05) is 30.3 Å². The molecule has 20 heavy (non-hydrogen) atoms. The van der Waals surface area contributed by atoms with Crippen LogP contribution in [0.4, 0.5) is 5.69 Å². The number of benzene rings is 2. The highest BCUT2D eigenvalue weighted by molar-refractivity contribution is 6.31. The van der Waals surface area contributed by atoms with Gasteiger partial charge in [0.1, 0.15) is 11.8 Å². The first-order valence-corrected chi connectivity index (χ1v) is 6.42. The van der Waals surface area contributed by atoms with Crippen LogP contribution in [0.3, 0.4) is 0 Å². The van der Waals surface area contributed by atoms with Crippen LogP contribution in [0.5, 0.6) is 0 Å². The zero-order valence-electron chi connectivity index (χ0n) is 10.5. The average Bonchev–Trinajstić information content (AvgIpc) is 2.48. The summed E-state index contributed by atoms with van der Waals surface area (Å²) in [5.74, 6) is 0. The van der Waals surface area contributed by atoms with E-state index in [0.717, 1.165) is 16.5 Å². The number of pyridine rings is 1. The Balaban J connectivity index is 2.35. The molecule has 1 aromatic heterocycles. The SMILES string of the molecule is N#Cc1nc2ccccc2cc1-c1cc(Cl)ccc1N. The van der Waals surface area contributed by atoms with Gasteiger partial charge in [0.05, 0.1) is 5.52 Å². The van der Waals surface area contributed by atoms with Crippen LogP contribution in [0.2, 0.25) is 5.02 Å². The van der Waals surface area contributed by atoms with Crippen molar-refractivity contribution in [2.75, 3.05) is 5.73 Å². The molecule has 1 heterocycles. The predicted octanol–water partition coefficient (Wildman–Crippen LogP) is 4.01. The van der Waals surface area contributed by atoms with Crippen LogP contribution in [-0.2, 0) is 0 Å². The number of fused-ring (bicyclic) bond motifs is 1. The second-order valence-electron chi connectivity index (χ2n) is 4.42. The summed E-state index contributed by atoms with van der Waals surface area (Å²) in [6.45, 7) is 0. The van der Waals surface area contributed by atoms with Crippen LogP contribution in [0.15, 0.2) is 48.5 Å². The number of anilines is 1. The van der Waals surface area contributed by atoms with E-state index in [1.54, 1.807) is 18.2 Å². The number of halogens is 1. The summed E-state index contributed by atoms with van der Waals surface area (Å²) in [4.78, 5) is 4.38. The number of aromatic nitrogens is 1. The van der Waals surface area contributed by atoms with Gasteiger partial charge in [-0.1, -0.05) is 29.8 Å². The lowest BCUT2D eigenvalue weighted by molar-refractivity contribution is 1.32. The van der Waals surface area contributed by atoms with Gasteiger partial charge in [-0.05, 0) is 30.3 Å². The van der Waals surface area contributed by atoms with E-state index < -0.39 is 0 Å².